The molecule has 6 heteroatoms. The first-order valence-electron chi connectivity index (χ1n) is 8.88. The molecule has 2 aromatic carbocycles. The van der Waals surface area contributed by atoms with E-state index in [0.717, 1.165) is 0 Å². The number of aromatic hydroxyl groups is 1. The maximum atomic E-state index is 13.3. The molecule has 0 saturated carbocycles. The quantitative estimate of drug-likeness (QED) is 0.477. The number of hydrogen-bond acceptors (Lipinski definition) is 5. The van der Waals surface area contributed by atoms with E-state index >= 15 is 0 Å². The van der Waals surface area contributed by atoms with E-state index in [1.54, 1.807) is 42.7 Å². The van der Waals surface area contributed by atoms with Crippen molar-refractivity contribution in [2.24, 2.45) is 0 Å². The third-order valence-electron chi connectivity index (χ3n) is 5.45. The van der Waals surface area contributed by atoms with Gasteiger partial charge >= 0.3 is 5.97 Å². The fraction of sp³-hybridized carbons (Fsp3) is 0.136. The summed E-state index contributed by atoms with van der Waals surface area (Å²) in [5, 5.41) is 10.2. The molecule has 28 heavy (non-hydrogen) atoms. The lowest BCUT2D eigenvalue weighted by Gasteiger charge is -2.18. The molecule has 0 radical (unpaired) electrons. The van der Waals surface area contributed by atoms with Gasteiger partial charge in [-0.15, -0.1) is 0 Å². The second kappa shape index (κ2) is 5.42. The number of carbonyl (C=O) groups is 3. The maximum Gasteiger partial charge on any atom is 0.340 e. The van der Waals surface area contributed by atoms with Crippen LogP contribution in [0.15, 0.2) is 42.5 Å². The van der Waals surface area contributed by atoms with E-state index in [-0.39, 0.29) is 33.8 Å². The van der Waals surface area contributed by atoms with Gasteiger partial charge in [0.1, 0.15) is 11.9 Å². The zero-order valence-corrected chi connectivity index (χ0v) is 15.1. The van der Waals surface area contributed by atoms with Gasteiger partial charge in [0.15, 0.2) is 11.6 Å². The number of rotatable bonds is 0. The summed E-state index contributed by atoms with van der Waals surface area (Å²) in [4.78, 5) is 39.1. The molecular formula is C22H15NO5. The molecule has 0 fully saturated rings. The number of esters is 1. The highest BCUT2D eigenvalue weighted by Gasteiger charge is 2.41. The number of ketones is 2. The molecule has 0 saturated heterocycles. The monoisotopic (exact) mass is 373 g/mol. The Bertz CT molecular complexity index is 1230. The van der Waals surface area contributed by atoms with Gasteiger partial charge in [0.25, 0.3) is 0 Å². The van der Waals surface area contributed by atoms with Gasteiger partial charge < -0.3 is 14.4 Å². The molecule has 2 aliphatic rings. The van der Waals surface area contributed by atoms with Gasteiger partial charge in [-0.2, -0.15) is 0 Å². The Hall–Kier alpha value is -3.67. The Morgan fingerprint density at radius 3 is 2.39 bits per heavy atom. The number of cyclic esters (lactones) is 1. The highest BCUT2D eigenvalue weighted by atomic mass is 16.5. The number of phenolic OH excluding ortho intramolecular Hbond substituents is 1. The smallest absolute Gasteiger partial charge is 0.340 e. The summed E-state index contributed by atoms with van der Waals surface area (Å²) in [7, 11) is 0. The van der Waals surface area contributed by atoms with Gasteiger partial charge in [-0.25, -0.2) is 4.79 Å². The maximum absolute atomic E-state index is 13.3. The van der Waals surface area contributed by atoms with Crippen molar-refractivity contribution in [2.75, 3.05) is 0 Å². The molecule has 1 aliphatic carbocycles. The number of phenols is 1. The normalized spacial score (nSPS) is 17.2. The Kier molecular flexibility index (Phi) is 3.19. The second-order valence-electron chi connectivity index (χ2n) is 6.98. The summed E-state index contributed by atoms with van der Waals surface area (Å²) in [6, 6.07) is 11.4. The van der Waals surface area contributed by atoms with Gasteiger partial charge in [0.2, 0.25) is 0 Å². The fourth-order valence-corrected chi connectivity index (χ4v) is 4.27. The number of para-hydroxylation sites is 1. The van der Waals surface area contributed by atoms with Crippen molar-refractivity contribution in [2.45, 2.75) is 20.0 Å². The van der Waals surface area contributed by atoms with E-state index in [0.29, 0.717) is 22.6 Å². The Labute approximate surface area is 160 Å². The lowest BCUT2D eigenvalue weighted by atomic mass is 9.83. The summed E-state index contributed by atoms with van der Waals surface area (Å²) in [6.45, 7) is 3.42. The van der Waals surface area contributed by atoms with Crippen LogP contribution in [0.5, 0.6) is 5.75 Å². The molecule has 1 aliphatic heterocycles. The summed E-state index contributed by atoms with van der Waals surface area (Å²) in [6.07, 6.45) is -0.724. The minimum atomic E-state index is -0.724. The number of hydrogen-bond donors (Lipinski definition) is 1. The molecule has 1 atom stereocenters. The first kappa shape index (κ1) is 16.5. The van der Waals surface area contributed by atoms with E-state index in [4.69, 9.17) is 4.74 Å². The first-order chi connectivity index (χ1) is 13.4. The van der Waals surface area contributed by atoms with Crippen LogP contribution in [0.3, 0.4) is 0 Å². The van der Waals surface area contributed by atoms with Crippen molar-refractivity contribution < 1.29 is 24.2 Å². The van der Waals surface area contributed by atoms with Crippen LogP contribution in [0, 0.1) is 6.92 Å². The van der Waals surface area contributed by atoms with Crippen molar-refractivity contribution in [3.63, 3.8) is 0 Å². The first-order valence-corrected chi connectivity index (χ1v) is 8.88. The van der Waals surface area contributed by atoms with Gasteiger partial charge in [-0.05, 0) is 32.0 Å². The average Bonchev–Trinajstić information content (AvgIpc) is 2.93. The van der Waals surface area contributed by atoms with Crippen molar-refractivity contribution >= 4 is 17.5 Å². The van der Waals surface area contributed by atoms with Gasteiger partial charge in [-0.1, -0.05) is 24.3 Å². The van der Waals surface area contributed by atoms with E-state index < -0.39 is 17.9 Å². The van der Waals surface area contributed by atoms with E-state index in [1.807, 2.05) is 0 Å². The summed E-state index contributed by atoms with van der Waals surface area (Å²) < 4.78 is 7.32. The third kappa shape index (κ3) is 1.89. The molecule has 1 N–H and O–H groups in total. The number of fused-ring (bicyclic) bond motifs is 6. The third-order valence-corrected chi connectivity index (χ3v) is 5.45. The summed E-state index contributed by atoms with van der Waals surface area (Å²) in [5.41, 5.74) is 2.58. The predicted octanol–water partition coefficient (Wildman–Crippen LogP) is 3.50. The largest absolute Gasteiger partial charge is 0.507 e. The van der Waals surface area contributed by atoms with E-state index in [1.165, 1.54) is 18.2 Å². The molecule has 0 bridgehead atoms. The standard InChI is InChI=1S/C22H15NO5/c1-10-16-18(20(25)13-7-5-9-15(24)17(13)21(16)26)19-11(2)28-22(27)12-6-3-4-8-14(12)23(10)19/h3-9,11,24H,1-2H3. The molecule has 0 spiro atoms. The van der Waals surface area contributed by atoms with Crippen molar-refractivity contribution in [1.82, 2.24) is 4.57 Å². The molecule has 1 unspecified atom stereocenters. The summed E-state index contributed by atoms with van der Waals surface area (Å²) in [5.74, 6) is -1.47. The average molecular weight is 373 g/mol. The number of benzene rings is 2. The highest BCUT2D eigenvalue weighted by Crippen LogP contribution is 2.42. The van der Waals surface area contributed by atoms with Crippen LogP contribution >= 0.6 is 0 Å². The molecule has 0 amide bonds. The second-order valence-corrected chi connectivity index (χ2v) is 6.98. The molecule has 6 nitrogen and oxygen atoms in total. The molecule has 2 heterocycles. The molecule has 5 rings (SSSR count). The minimum absolute atomic E-state index is 0.0155. The topological polar surface area (TPSA) is 85.6 Å². The minimum Gasteiger partial charge on any atom is -0.507 e. The fourth-order valence-electron chi connectivity index (χ4n) is 4.27. The van der Waals surface area contributed by atoms with E-state index in [9.17, 15) is 19.5 Å². The number of ether oxygens (including phenoxy) is 1. The lowest BCUT2D eigenvalue weighted by Crippen LogP contribution is -2.22. The van der Waals surface area contributed by atoms with Crippen LogP contribution in [0.25, 0.3) is 5.69 Å². The predicted molar refractivity (Wildman–Crippen MR) is 99.3 cm³/mol. The lowest BCUT2D eigenvalue weighted by molar-refractivity contribution is 0.0336. The van der Waals surface area contributed by atoms with Gasteiger partial charge in [0.05, 0.1) is 33.6 Å². The van der Waals surface area contributed by atoms with Crippen molar-refractivity contribution in [3.8, 4) is 11.4 Å². The highest BCUT2D eigenvalue weighted by molar-refractivity contribution is 6.30. The van der Waals surface area contributed by atoms with Gasteiger partial charge in [0, 0.05) is 11.3 Å². The number of aromatic nitrogens is 1. The number of carbonyl (C=O) groups excluding carboxylic acids is 3. The zero-order chi connectivity index (χ0) is 19.7. The van der Waals surface area contributed by atoms with Crippen LogP contribution in [0.2, 0.25) is 0 Å². The number of nitrogens with zero attached hydrogens (tertiary/aromatic N) is 1. The Morgan fingerprint density at radius 1 is 0.893 bits per heavy atom. The van der Waals surface area contributed by atoms with Crippen molar-refractivity contribution in [3.05, 3.63) is 81.7 Å². The molecular weight excluding hydrogens is 358 g/mol. The van der Waals surface area contributed by atoms with Crippen LogP contribution in [0.4, 0.5) is 0 Å². The van der Waals surface area contributed by atoms with Crippen LogP contribution < -0.4 is 0 Å². The summed E-state index contributed by atoms with van der Waals surface area (Å²) >= 11 is 0. The van der Waals surface area contributed by atoms with Gasteiger partial charge in [-0.3, -0.25) is 9.59 Å². The van der Waals surface area contributed by atoms with E-state index in [2.05, 4.69) is 0 Å². The zero-order valence-electron chi connectivity index (χ0n) is 15.1. The van der Waals surface area contributed by atoms with Crippen LogP contribution in [-0.2, 0) is 4.74 Å². The Balaban J connectivity index is 1.91. The molecule has 1 aromatic heterocycles. The Morgan fingerprint density at radius 2 is 1.61 bits per heavy atom. The van der Waals surface area contributed by atoms with Crippen molar-refractivity contribution in [1.29, 1.82) is 0 Å². The molecule has 3 aromatic rings. The van der Waals surface area contributed by atoms with Crippen LogP contribution in [0.1, 0.15) is 66.6 Å². The van der Waals surface area contributed by atoms with Crippen LogP contribution in [-0.4, -0.2) is 27.2 Å². The SMILES string of the molecule is Cc1c2c(c3n1-c1ccccc1C(=O)OC3C)C(=O)c1cccc(O)c1C2=O. The molecule has 138 valence electrons.